The highest BCUT2D eigenvalue weighted by atomic mass is 127. The molecule has 2 N–H and O–H groups in total. The molecule has 2 aromatic rings. The number of rotatable bonds is 8. The lowest BCUT2D eigenvalue weighted by atomic mass is 10.0. The zero-order valence-corrected chi connectivity index (χ0v) is 20.8. The first kappa shape index (κ1) is 23.9. The summed E-state index contributed by atoms with van der Waals surface area (Å²) in [5, 5.41) is 7.08. The minimum absolute atomic E-state index is 0. The summed E-state index contributed by atoms with van der Waals surface area (Å²) in [7, 11) is 1.84. The molecule has 31 heavy (non-hydrogen) atoms. The van der Waals surface area contributed by atoms with Gasteiger partial charge >= 0.3 is 0 Å². The number of hydrogen-bond acceptors (Lipinski definition) is 3. The largest absolute Gasteiger partial charge is 0.493 e. The van der Waals surface area contributed by atoms with Crippen LogP contribution in [0.5, 0.6) is 5.75 Å². The Morgan fingerprint density at radius 1 is 1.00 bits per heavy atom. The van der Waals surface area contributed by atoms with Gasteiger partial charge in [0.2, 0.25) is 0 Å². The molecule has 6 heteroatoms. The van der Waals surface area contributed by atoms with Crippen LogP contribution in [0.25, 0.3) is 0 Å². The Labute approximate surface area is 203 Å². The molecule has 2 aromatic carbocycles. The summed E-state index contributed by atoms with van der Waals surface area (Å²) >= 11 is 0. The molecule has 2 aliphatic rings. The van der Waals surface area contributed by atoms with Crippen molar-refractivity contribution in [2.45, 2.75) is 44.8 Å². The molecule has 0 unspecified atom stereocenters. The van der Waals surface area contributed by atoms with Crippen LogP contribution in [0.4, 0.5) is 0 Å². The highest BCUT2D eigenvalue weighted by molar-refractivity contribution is 14.0. The topological polar surface area (TPSA) is 48.9 Å². The number of ether oxygens (including phenoxy) is 1. The summed E-state index contributed by atoms with van der Waals surface area (Å²) in [5.74, 6) is 2.61. The van der Waals surface area contributed by atoms with Crippen molar-refractivity contribution in [3.8, 4) is 5.75 Å². The first-order chi connectivity index (χ1) is 14.8. The molecule has 1 heterocycles. The Morgan fingerprint density at radius 2 is 1.71 bits per heavy atom. The number of hydrogen-bond donors (Lipinski definition) is 2. The van der Waals surface area contributed by atoms with E-state index >= 15 is 0 Å². The van der Waals surface area contributed by atoms with E-state index in [0.717, 1.165) is 56.7 Å². The molecule has 1 aliphatic heterocycles. The molecule has 1 saturated carbocycles. The van der Waals surface area contributed by atoms with E-state index in [4.69, 9.17) is 4.74 Å². The van der Waals surface area contributed by atoms with E-state index in [0.29, 0.717) is 12.6 Å². The van der Waals surface area contributed by atoms with Crippen molar-refractivity contribution >= 4 is 29.9 Å². The number of likely N-dealkylation sites (tertiary alicyclic amines) is 1. The van der Waals surface area contributed by atoms with Gasteiger partial charge < -0.3 is 15.4 Å². The lowest BCUT2D eigenvalue weighted by molar-refractivity contribution is 0.198. The van der Waals surface area contributed by atoms with Gasteiger partial charge in [-0.1, -0.05) is 48.5 Å². The van der Waals surface area contributed by atoms with Gasteiger partial charge in [0.25, 0.3) is 0 Å². The van der Waals surface area contributed by atoms with Crippen molar-refractivity contribution in [3.63, 3.8) is 0 Å². The normalized spacial score (nSPS) is 17.6. The van der Waals surface area contributed by atoms with E-state index in [9.17, 15) is 0 Å². The van der Waals surface area contributed by atoms with E-state index in [1.54, 1.807) is 0 Å². The minimum atomic E-state index is 0. The zero-order chi connectivity index (χ0) is 20.6. The van der Waals surface area contributed by atoms with Crippen LogP contribution in [0.2, 0.25) is 0 Å². The second-order valence-electron chi connectivity index (χ2n) is 8.47. The Bertz CT molecular complexity index is 817. The Hall–Kier alpha value is -1.80. The molecule has 0 atom stereocenters. The van der Waals surface area contributed by atoms with Crippen molar-refractivity contribution in [1.29, 1.82) is 0 Å². The monoisotopic (exact) mass is 534 g/mol. The average Bonchev–Trinajstić information content (AvgIpc) is 3.62. The molecule has 0 spiro atoms. The van der Waals surface area contributed by atoms with Gasteiger partial charge in [0.05, 0.1) is 6.61 Å². The maximum absolute atomic E-state index is 6.03. The van der Waals surface area contributed by atoms with E-state index in [2.05, 4.69) is 69.1 Å². The number of benzene rings is 2. The molecule has 2 fully saturated rings. The maximum atomic E-state index is 6.03. The van der Waals surface area contributed by atoms with Gasteiger partial charge in [0, 0.05) is 44.8 Å². The van der Waals surface area contributed by atoms with Gasteiger partial charge in [-0.25, -0.2) is 0 Å². The lowest BCUT2D eigenvalue weighted by Gasteiger charge is -2.33. The number of nitrogens with zero attached hydrogens (tertiary/aromatic N) is 2. The molecule has 0 amide bonds. The van der Waals surface area contributed by atoms with Crippen molar-refractivity contribution in [2.24, 2.45) is 10.9 Å². The zero-order valence-electron chi connectivity index (χ0n) is 18.4. The third-order valence-corrected chi connectivity index (χ3v) is 5.99. The van der Waals surface area contributed by atoms with Gasteiger partial charge in [-0.15, -0.1) is 24.0 Å². The van der Waals surface area contributed by atoms with Gasteiger partial charge in [-0.3, -0.25) is 9.89 Å². The third-order valence-electron chi connectivity index (χ3n) is 5.99. The number of para-hydroxylation sites is 1. The van der Waals surface area contributed by atoms with E-state index < -0.39 is 0 Å². The maximum Gasteiger partial charge on any atom is 0.191 e. The fraction of sp³-hybridized carbons (Fsp3) is 0.480. The average molecular weight is 534 g/mol. The molecule has 4 rings (SSSR count). The van der Waals surface area contributed by atoms with Crippen LogP contribution < -0.4 is 15.4 Å². The molecule has 0 bridgehead atoms. The van der Waals surface area contributed by atoms with Crippen LogP contribution in [-0.2, 0) is 13.1 Å². The number of aliphatic imine (C=N–C) groups is 1. The van der Waals surface area contributed by atoms with Gasteiger partial charge in [-0.2, -0.15) is 0 Å². The van der Waals surface area contributed by atoms with Crippen molar-refractivity contribution in [2.75, 3.05) is 26.7 Å². The van der Waals surface area contributed by atoms with E-state index in [1.165, 1.54) is 24.0 Å². The number of halogens is 1. The summed E-state index contributed by atoms with van der Waals surface area (Å²) in [4.78, 5) is 6.98. The van der Waals surface area contributed by atoms with Gasteiger partial charge in [0.1, 0.15) is 5.75 Å². The predicted octanol–water partition coefficient (Wildman–Crippen LogP) is 4.42. The molecule has 0 aromatic heterocycles. The number of guanidine groups is 1. The van der Waals surface area contributed by atoms with E-state index in [-0.39, 0.29) is 24.0 Å². The van der Waals surface area contributed by atoms with Crippen LogP contribution in [0.3, 0.4) is 0 Å². The molecular formula is C25H35IN4O. The smallest absolute Gasteiger partial charge is 0.191 e. The molecule has 1 saturated heterocycles. The van der Waals surface area contributed by atoms with Crippen molar-refractivity contribution in [1.82, 2.24) is 15.5 Å². The second-order valence-corrected chi connectivity index (χ2v) is 8.47. The van der Waals surface area contributed by atoms with Crippen LogP contribution in [-0.4, -0.2) is 43.6 Å². The number of piperidine rings is 1. The van der Waals surface area contributed by atoms with Crippen LogP contribution in [0.1, 0.15) is 36.8 Å². The third kappa shape index (κ3) is 7.68. The van der Waals surface area contributed by atoms with Crippen LogP contribution in [0.15, 0.2) is 59.6 Å². The summed E-state index contributed by atoms with van der Waals surface area (Å²) < 4.78 is 6.03. The predicted molar refractivity (Wildman–Crippen MR) is 138 cm³/mol. The molecule has 1 aliphatic carbocycles. The second kappa shape index (κ2) is 12.3. The Kier molecular flexibility index (Phi) is 9.46. The fourth-order valence-corrected chi connectivity index (χ4v) is 3.93. The molecule has 0 radical (unpaired) electrons. The first-order valence-corrected chi connectivity index (χ1v) is 11.2. The number of nitrogens with one attached hydrogen (secondary N) is 2. The highest BCUT2D eigenvalue weighted by Crippen LogP contribution is 2.30. The van der Waals surface area contributed by atoms with Crippen molar-refractivity contribution < 1.29 is 4.74 Å². The van der Waals surface area contributed by atoms with Gasteiger partial charge in [-0.05, 0) is 43.2 Å². The highest BCUT2D eigenvalue weighted by Gasteiger charge is 2.22. The summed E-state index contributed by atoms with van der Waals surface area (Å²) in [6.07, 6.45) is 4.88. The van der Waals surface area contributed by atoms with Gasteiger partial charge in [0.15, 0.2) is 5.96 Å². The Morgan fingerprint density at radius 3 is 2.42 bits per heavy atom. The minimum Gasteiger partial charge on any atom is -0.493 e. The SMILES string of the molecule is CN=C(NCc1ccccc1OCC1CC1)NC1CCN(Cc2ccccc2)CC1.I. The lowest BCUT2D eigenvalue weighted by Crippen LogP contribution is -2.48. The molecular weight excluding hydrogens is 499 g/mol. The van der Waals surface area contributed by atoms with E-state index in [1.807, 2.05) is 13.1 Å². The Balaban J connectivity index is 0.00000272. The van der Waals surface area contributed by atoms with Crippen LogP contribution >= 0.6 is 24.0 Å². The standard InChI is InChI=1S/C25H34N4O.HI/c1-26-25(27-17-22-9-5-6-10-24(22)30-19-21-11-12-21)28-23-13-15-29(16-14-23)18-20-7-3-2-4-8-20;/h2-10,21,23H,11-19H2,1H3,(H2,26,27,28);1H. The molecule has 5 nitrogen and oxygen atoms in total. The summed E-state index contributed by atoms with van der Waals surface area (Å²) in [6, 6.07) is 19.5. The first-order valence-electron chi connectivity index (χ1n) is 11.2. The summed E-state index contributed by atoms with van der Waals surface area (Å²) in [6.45, 7) is 4.82. The fourth-order valence-electron chi connectivity index (χ4n) is 3.93. The van der Waals surface area contributed by atoms with Crippen molar-refractivity contribution in [3.05, 3.63) is 65.7 Å². The molecule has 168 valence electrons. The summed E-state index contributed by atoms with van der Waals surface area (Å²) in [5.41, 5.74) is 2.57. The van der Waals surface area contributed by atoms with Crippen LogP contribution in [0, 0.1) is 5.92 Å². The quantitative estimate of drug-likeness (QED) is 0.299.